The molecule has 6 nitrogen and oxygen atoms in total. The molecule has 0 spiro atoms. The molecular formula is C18H20O6S2. The molecule has 26 heavy (non-hydrogen) atoms. The van der Waals surface area contributed by atoms with E-state index in [9.17, 15) is 18.0 Å². The average Bonchev–Trinajstić information content (AvgIpc) is 2.91. The number of thioether (sulfide) groups is 1. The number of esters is 1. The molecule has 0 N–H and O–H groups in total. The van der Waals surface area contributed by atoms with Crippen LogP contribution in [0.15, 0.2) is 27.4 Å². The predicted molar refractivity (Wildman–Crippen MR) is 101 cm³/mol. The summed E-state index contributed by atoms with van der Waals surface area (Å²) in [5.41, 5.74) is 2.64. The summed E-state index contributed by atoms with van der Waals surface area (Å²) in [5.74, 6) is -0.0277. The fourth-order valence-electron chi connectivity index (χ4n) is 2.88. The second kappa shape index (κ2) is 7.44. The van der Waals surface area contributed by atoms with E-state index in [1.54, 1.807) is 6.07 Å². The number of rotatable bonds is 5. The highest BCUT2D eigenvalue weighted by Crippen LogP contribution is 2.25. The van der Waals surface area contributed by atoms with Gasteiger partial charge in [-0.1, -0.05) is 0 Å². The first kappa shape index (κ1) is 19.0. The third-order valence-corrected chi connectivity index (χ3v) is 7.72. The van der Waals surface area contributed by atoms with Crippen LogP contribution in [0.3, 0.4) is 0 Å². The number of hydrogen-bond donors (Lipinski definition) is 0. The Labute approximate surface area is 155 Å². The topological polar surface area (TPSA) is 90.7 Å². The summed E-state index contributed by atoms with van der Waals surface area (Å²) in [6.07, 6.45) is 0.573. The Bertz CT molecular complexity index is 1010. The van der Waals surface area contributed by atoms with E-state index < -0.39 is 21.4 Å². The van der Waals surface area contributed by atoms with Gasteiger partial charge in [-0.25, -0.2) is 13.2 Å². The molecule has 1 fully saturated rings. The van der Waals surface area contributed by atoms with Gasteiger partial charge in [0.15, 0.2) is 9.84 Å². The molecular weight excluding hydrogens is 376 g/mol. The minimum atomic E-state index is -2.95. The molecule has 0 bridgehead atoms. The number of sulfone groups is 1. The molecule has 1 aliphatic rings. The number of aryl methyl sites for hydroxylation is 2. The van der Waals surface area contributed by atoms with Gasteiger partial charge in [-0.05, 0) is 43.5 Å². The quantitative estimate of drug-likeness (QED) is 0.566. The zero-order valence-electron chi connectivity index (χ0n) is 14.6. The van der Waals surface area contributed by atoms with Gasteiger partial charge in [0.25, 0.3) is 0 Å². The van der Waals surface area contributed by atoms with Crippen molar-refractivity contribution >= 4 is 38.5 Å². The SMILES string of the molecule is Cc1cc2oc(=O)cc(COC(=O)CS[C@@H]3CCS(=O)(=O)C3)c2cc1C. The van der Waals surface area contributed by atoms with E-state index in [4.69, 9.17) is 9.15 Å². The van der Waals surface area contributed by atoms with Gasteiger partial charge in [-0.15, -0.1) is 11.8 Å². The summed E-state index contributed by atoms with van der Waals surface area (Å²) < 4.78 is 33.4. The molecule has 0 amide bonds. The van der Waals surface area contributed by atoms with Gasteiger partial charge in [-0.2, -0.15) is 0 Å². The number of carbonyl (C=O) groups is 1. The standard InChI is InChI=1S/C18H20O6S2/c1-11-5-15-13(7-17(19)24-16(15)6-12(11)2)8-23-18(20)9-25-14-3-4-26(21,22)10-14/h5-7,14H,3-4,8-10H2,1-2H3/t14-/m1/s1. The highest BCUT2D eigenvalue weighted by Gasteiger charge is 2.28. The van der Waals surface area contributed by atoms with E-state index in [1.807, 2.05) is 19.9 Å². The van der Waals surface area contributed by atoms with Gasteiger partial charge < -0.3 is 9.15 Å². The first-order valence-electron chi connectivity index (χ1n) is 8.25. The number of carbonyl (C=O) groups excluding carboxylic acids is 1. The van der Waals surface area contributed by atoms with Crippen molar-refractivity contribution < 1.29 is 22.4 Å². The van der Waals surface area contributed by atoms with Crippen LogP contribution in [0, 0.1) is 13.8 Å². The first-order chi connectivity index (χ1) is 12.2. The Balaban J connectivity index is 1.65. The lowest BCUT2D eigenvalue weighted by atomic mass is 10.0. The zero-order valence-corrected chi connectivity index (χ0v) is 16.2. The Kier molecular flexibility index (Phi) is 5.43. The lowest BCUT2D eigenvalue weighted by molar-refractivity contribution is -0.141. The largest absolute Gasteiger partial charge is 0.460 e. The number of benzene rings is 1. The van der Waals surface area contributed by atoms with Crippen LogP contribution in [0.25, 0.3) is 11.0 Å². The van der Waals surface area contributed by atoms with Crippen LogP contribution < -0.4 is 5.63 Å². The maximum atomic E-state index is 12.0. The maximum absolute atomic E-state index is 12.0. The lowest BCUT2D eigenvalue weighted by Gasteiger charge is -2.10. The van der Waals surface area contributed by atoms with Crippen LogP contribution in [-0.2, 0) is 26.0 Å². The van der Waals surface area contributed by atoms with Crippen molar-refractivity contribution in [1.82, 2.24) is 0 Å². The zero-order chi connectivity index (χ0) is 18.9. The number of fused-ring (bicyclic) bond motifs is 1. The highest BCUT2D eigenvalue weighted by molar-refractivity contribution is 8.02. The van der Waals surface area contributed by atoms with Crippen molar-refractivity contribution in [3.8, 4) is 0 Å². The van der Waals surface area contributed by atoms with Crippen molar-refractivity contribution in [2.24, 2.45) is 0 Å². The Morgan fingerprint density at radius 2 is 2.00 bits per heavy atom. The van der Waals surface area contributed by atoms with E-state index >= 15 is 0 Å². The van der Waals surface area contributed by atoms with Crippen LogP contribution in [-0.4, -0.2) is 36.9 Å². The molecule has 8 heteroatoms. The molecule has 2 aromatic rings. The van der Waals surface area contributed by atoms with Crippen molar-refractivity contribution in [2.45, 2.75) is 32.1 Å². The monoisotopic (exact) mass is 396 g/mol. The molecule has 1 saturated heterocycles. The molecule has 1 atom stereocenters. The van der Waals surface area contributed by atoms with Crippen LogP contribution in [0.2, 0.25) is 0 Å². The van der Waals surface area contributed by atoms with E-state index in [0.29, 0.717) is 17.6 Å². The van der Waals surface area contributed by atoms with Gasteiger partial charge in [0.1, 0.15) is 12.2 Å². The minimum Gasteiger partial charge on any atom is -0.460 e. The molecule has 1 aromatic heterocycles. The van der Waals surface area contributed by atoms with Gasteiger partial charge >= 0.3 is 11.6 Å². The van der Waals surface area contributed by atoms with Gasteiger partial charge in [0, 0.05) is 22.3 Å². The fraction of sp³-hybridized carbons (Fsp3) is 0.444. The summed E-state index contributed by atoms with van der Waals surface area (Å²) in [5, 5.41) is 0.692. The molecule has 0 radical (unpaired) electrons. The van der Waals surface area contributed by atoms with Gasteiger partial charge in [0.05, 0.1) is 17.3 Å². The molecule has 0 unspecified atom stereocenters. The Morgan fingerprint density at radius 3 is 2.69 bits per heavy atom. The molecule has 0 saturated carbocycles. The molecule has 0 aliphatic carbocycles. The van der Waals surface area contributed by atoms with Gasteiger partial charge in [-0.3, -0.25) is 4.79 Å². The normalized spacial score (nSPS) is 18.9. The predicted octanol–water partition coefficient (Wildman–Crippen LogP) is 2.37. The third-order valence-electron chi connectivity index (χ3n) is 4.46. The second-order valence-corrected chi connectivity index (χ2v) is 10.0. The molecule has 140 valence electrons. The van der Waals surface area contributed by atoms with E-state index in [0.717, 1.165) is 16.5 Å². The second-order valence-electron chi connectivity index (χ2n) is 6.52. The van der Waals surface area contributed by atoms with E-state index in [2.05, 4.69) is 0 Å². The van der Waals surface area contributed by atoms with Crippen molar-refractivity contribution in [3.63, 3.8) is 0 Å². The first-order valence-corrected chi connectivity index (χ1v) is 11.1. The van der Waals surface area contributed by atoms with Crippen molar-refractivity contribution in [1.29, 1.82) is 0 Å². The van der Waals surface area contributed by atoms with Crippen LogP contribution in [0.5, 0.6) is 0 Å². The summed E-state index contributed by atoms with van der Waals surface area (Å²) in [6, 6.07) is 5.05. The van der Waals surface area contributed by atoms with Crippen LogP contribution in [0.4, 0.5) is 0 Å². The summed E-state index contributed by atoms with van der Waals surface area (Å²) >= 11 is 1.31. The van der Waals surface area contributed by atoms with Crippen molar-refractivity contribution in [3.05, 3.63) is 45.3 Å². The fourth-order valence-corrected chi connectivity index (χ4v) is 6.32. The molecule has 1 aliphatic heterocycles. The van der Waals surface area contributed by atoms with E-state index in [1.165, 1.54) is 17.8 Å². The summed E-state index contributed by atoms with van der Waals surface area (Å²) in [6.45, 7) is 3.87. The Morgan fingerprint density at radius 1 is 1.27 bits per heavy atom. The van der Waals surface area contributed by atoms with Gasteiger partial charge in [0.2, 0.25) is 0 Å². The minimum absolute atomic E-state index is 0.0209. The lowest BCUT2D eigenvalue weighted by Crippen LogP contribution is -2.13. The highest BCUT2D eigenvalue weighted by atomic mass is 32.2. The molecule has 3 rings (SSSR count). The Hall–Kier alpha value is -1.80. The smallest absolute Gasteiger partial charge is 0.336 e. The van der Waals surface area contributed by atoms with E-state index in [-0.39, 0.29) is 29.1 Å². The molecule has 1 aromatic carbocycles. The molecule has 2 heterocycles. The maximum Gasteiger partial charge on any atom is 0.336 e. The average molecular weight is 396 g/mol. The van der Waals surface area contributed by atoms with Crippen LogP contribution >= 0.6 is 11.8 Å². The third kappa shape index (κ3) is 4.48. The number of hydrogen-bond acceptors (Lipinski definition) is 7. The number of ether oxygens (including phenoxy) is 1. The van der Waals surface area contributed by atoms with Crippen LogP contribution in [0.1, 0.15) is 23.1 Å². The summed E-state index contributed by atoms with van der Waals surface area (Å²) in [7, 11) is -2.95. The van der Waals surface area contributed by atoms with Crippen molar-refractivity contribution in [2.75, 3.05) is 17.3 Å². The summed E-state index contributed by atoms with van der Waals surface area (Å²) in [4.78, 5) is 23.7.